The summed E-state index contributed by atoms with van der Waals surface area (Å²) in [5.74, 6) is 0.912. The Hall–Kier alpha value is -0.520. The van der Waals surface area contributed by atoms with Gasteiger partial charge in [-0.25, -0.2) is 0 Å². The van der Waals surface area contributed by atoms with Gasteiger partial charge < -0.3 is 15.0 Å². The summed E-state index contributed by atoms with van der Waals surface area (Å²) < 4.78 is 5.78. The molecule has 1 saturated carbocycles. The van der Waals surface area contributed by atoms with Crippen LogP contribution in [-0.4, -0.2) is 43.6 Å². The van der Waals surface area contributed by atoms with E-state index in [2.05, 4.69) is 5.32 Å². The number of nitrogens with zero attached hydrogens (tertiary/aromatic N) is 1. The van der Waals surface area contributed by atoms with Gasteiger partial charge >= 0.3 is 0 Å². The summed E-state index contributed by atoms with van der Waals surface area (Å²) in [6.45, 7) is 3.10. The maximum atomic E-state index is 12.3. The molecule has 7 heteroatoms. The molecule has 3 rings (SSSR count). The average Bonchev–Trinajstić information content (AvgIpc) is 3.34. The minimum Gasteiger partial charge on any atom is -0.370 e. The number of amides is 1. The lowest BCUT2D eigenvalue weighted by molar-refractivity contribution is -0.138. The molecule has 0 bridgehead atoms. The van der Waals surface area contributed by atoms with E-state index in [1.165, 1.54) is 12.8 Å². The maximum Gasteiger partial charge on any atom is 0.236 e. The summed E-state index contributed by atoms with van der Waals surface area (Å²) in [4.78, 5) is 14.1. The number of hydrogen-bond acceptors (Lipinski definition) is 3. The van der Waals surface area contributed by atoms with Gasteiger partial charge in [0.15, 0.2) is 0 Å². The molecule has 2 fully saturated rings. The number of nitrogens with one attached hydrogen (secondary N) is 1. The van der Waals surface area contributed by atoms with Crippen LogP contribution in [0.25, 0.3) is 0 Å². The van der Waals surface area contributed by atoms with Crippen molar-refractivity contribution in [2.75, 3.05) is 32.8 Å². The number of carbonyl (C=O) groups is 1. The van der Waals surface area contributed by atoms with Gasteiger partial charge in [0.25, 0.3) is 0 Å². The predicted octanol–water partition coefficient (Wildman–Crippen LogP) is 3.31. The summed E-state index contributed by atoms with van der Waals surface area (Å²) in [5, 5.41) is 4.28. The zero-order chi connectivity index (χ0) is 15.5. The van der Waals surface area contributed by atoms with Gasteiger partial charge in [-0.05, 0) is 43.0 Å². The molecule has 128 valence electrons. The molecule has 1 aliphatic heterocycles. The Morgan fingerprint density at radius 2 is 2.09 bits per heavy atom. The Morgan fingerprint density at radius 1 is 1.30 bits per heavy atom. The molecule has 1 amide bonds. The molecule has 1 aromatic carbocycles. The smallest absolute Gasteiger partial charge is 0.236 e. The maximum absolute atomic E-state index is 12.3. The first-order chi connectivity index (χ1) is 10.6. The summed E-state index contributed by atoms with van der Waals surface area (Å²) in [6, 6.07) is 5.48. The van der Waals surface area contributed by atoms with Crippen LogP contribution < -0.4 is 5.32 Å². The molecule has 1 aromatic rings. The second-order valence-electron chi connectivity index (χ2n) is 5.95. The van der Waals surface area contributed by atoms with Crippen molar-refractivity contribution in [3.8, 4) is 0 Å². The van der Waals surface area contributed by atoms with Gasteiger partial charge in [0.2, 0.25) is 5.91 Å². The van der Waals surface area contributed by atoms with E-state index < -0.39 is 0 Å². The van der Waals surface area contributed by atoms with E-state index in [1.54, 1.807) is 6.07 Å². The number of carbonyl (C=O) groups excluding carboxylic acids is 1. The van der Waals surface area contributed by atoms with E-state index in [0.29, 0.717) is 36.3 Å². The highest BCUT2D eigenvalue weighted by atomic mass is 35.5. The van der Waals surface area contributed by atoms with Crippen molar-refractivity contribution in [3.05, 3.63) is 33.8 Å². The first-order valence-corrected chi connectivity index (χ1v) is 8.44. The van der Waals surface area contributed by atoms with Gasteiger partial charge in [-0.3, -0.25) is 4.79 Å². The standard InChI is InChI=1S/C16H20Cl2N2O2.ClH/c17-13-4-3-12(7-14(13)18)15-10-20(5-6-22-15)16(21)9-19-8-11-1-2-11;/h3-4,7,11,15,19H,1-2,5-6,8-10H2;1H. The highest BCUT2D eigenvalue weighted by Gasteiger charge is 2.26. The lowest BCUT2D eigenvalue weighted by atomic mass is 10.1. The first kappa shape index (κ1) is 18.8. The number of hydrogen-bond donors (Lipinski definition) is 1. The summed E-state index contributed by atoms with van der Waals surface area (Å²) >= 11 is 12.0. The molecule has 0 spiro atoms. The Labute approximate surface area is 152 Å². The van der Waals surface area contributed by atoms with Crippen molar-refractivity contribution >= 4 is 41.5 Å². The van der Waals surface area contributed by atoms with Crippen LogP contribution in [0.4, 0.5) is 0 Å². The fourth-order valence-electron chi connectivity index (χ4n) is 2.61. The molecule has 2 aliphatic rings. The van der Waals surface area contributed by atoms with E-state index >= 15 is 0 Å². The fourth-order valence-corrected chi connectivity index (χ4v) is 2.91. The van der Waals surface area contributed by atoms with E-state index in [1.807, 2.05) is 17.0 Å². The SMILES string of the molecule is Cl.O=C(CNCC1CC1)N1CCOC(c2ccc(Cl)c(Cl)c2)C1. The molecule has 0 aromatic heterocycles. The van der Waals surface area contributed by atoms with Crippen LogP contribution in [-0.2, 0) is 9.53 Å². The van der Waals surface area contributed by atoms with Crippen molar-refractivity contribution in [1.29, 1.82) is 0 Å². The van der Waals surface area contributed by atoms with Crippen LogP contribution in [0.5, 0.6) is 0 Å². The van der Waals surface area contributed by atoms with E-state index in [-0.39, 0.29) is 24.4 Å². The predicted molar refractivity (Wildman–Crippen MR) is 94.6 cm³/mol. The second kappa shape index (κ2) is 8.54. The number of benzene rings is 1. The zero-order valence-electron chi connectivity index (χ0n) is 12.8. The van der Waals surface area contributed by atoms with Gasteiger partial charge in [0.1, 0.15) is 6.10 Å². The molecule has 4 nitrogen and oxygen atoms in total. The average molecular weight is 380 g/mol. The minimum atomic E-state index is -0.143. The molecule has 1 aliphatic carbocycles. The van der Waals surface area contributed by atoms with Crippen LogP contribution in [0.15, 0.2) is 18.2 Å². The van der Waals surface area contributed by atoms with Crippen LogP contribution >= 0.6 is 35.6 Å². The molecule has 1 N–H and O–H groups in total. The largest absolute Gasteiger partial charge is 0.370 e. The molecular weight excluding hydrogens is 359 g/mol. The van der Waals surface area contributed by atoms with Crippen LogP contribution in [0, 0.1) is 5.92 Å². The molecule has 1 atom stereocenters. The molecule has 1 heterocycles. The number of rotatable bonds is 5. The van der Waals surface area contributed by atoms with Crippen LogP contribution in [0.3, 0.4) is 0 Å². The molecule has 1 unspecified atom stereocenters. The third kappa shape index (κ3) is 5.23. The zero-order valence-corrected chi connectivity index (χ0v) is 15.1. The van der Waals surface area contributed by atoms with E-state index in [0.717, 1.165) is 18.0 Å². The monoisotopic (exact) mass is 378 g/mol. The topological polar surface area (TPSA) is 41.6 Å². The summed E-state index contributed by atoms with van der Waals surface area (Å²) in [6.07, 6.45) is 2.44. The van der Waals surface area contributed by atoms with Gasteiger partial charge in [-0.1, -0.05) is 29.3 Å². The number of ether oxygens (including phenoxy) is 1. The minimum absolute atomic E-state index is 0. The highest BCUT2D eigenvalue weighted by molar-refractivity contribution is 6.42. The van der Waals surface area contributed by atoms with Crippen LogP contribution in [0.1, 0.15) is 24.5 Å². The lowest BCUT2D eigenvalue weighted by Gasteiger charge is -2.33. The third-order valence-corrected chi connectivity index (χ3v) is 4.88. The molecular formula is C16H21Cl3N2O2. The normalized spacial score (nSPS) is 21.0. The van der Waals surface area contributed by atoms with E-state index in [9.17, 15) is 4.79 Å². The third-order valence-electron chi connectivity index (χ3n) is 4.14. The molecule has 1 saturated heterocycles. The highest BCUT2D eigenvalue weighted by Crippen LogP contribution is 2.29. The first-order valence-electron chi connectivity index (χ1n) is 7.68. The van der Waals surface area contributed by atoms with Crippen molar-refractivity contribution in [2.45, 2.75) is 18.9 Å². The molecule has 0 radical (unpaired) electrons. The Balaban J connectivity index is 0.00000192. The van der Waals surface area contributed by atoms with Gasteiger partial charge in [0, 0.05) is 6.54 Å². The summed E-state index contributed by atoms with van der Waals surface area (Å²) in [7, 11) is 0. The lowest BCUT2D eigenvalue weighted by Crippen LogP contribution is -2.46. The quantitative estimate of drug-likeness (QED) is 0.853. The van der Waals surface area contributed by atoms with Crippen molar-refractivity contribution < 1.29 is 9.53 Å². The second-order valence-corrected chi connectivity index (χ2v) is 6.76. The Bertz CT molecular complexity index is 552. The Kier molecular flexibility index (Phi) is 6.99. The van der Waals surface area contributed by atoms with Crippen molar-refractivity contribution in [2.24, 2.45) is 5.92 Å². The number of halogens is 3. The number of morpholine rings is 1. The van der Waals surface area contributed by atoms with Gasteiger partial charge in [-0.2, -0.15) is 0 Å². The fraction of sp³-hybridized carbons (Fsp3) is 0.562. The Morgan fingerprint density at radius 3 is 2.78 bits per heavy atom. The molecule has 23 heavy (non-hydrogen) atoms. The van der Waals surface area contributed by atoms with Crippen molar-refractivity contribution in [1.82, 2.24) is 10.2 Å². The van der Waals surface area contributed by atoms with Crippen molar-refractivity contribution in [3.63, 3.8) is 0 Å². The van der Waals surface area contributed by atoms with Gasteiger partial charge in [0.05, 0.1) is 29.7 Å². The van der Waals surface area contributed by atoms with E-state index in [4.69, 9.17) is 27.9 Å². The van der Waals surface area contributed by atoms with Gasteiger partial charge in [-0.15, -0.1) is 12.4 Å². The summed E-state index contributed by atoms with van der Waals surface area (Å²) in [5.41, 5.74) is 0.956. The van der Waals surface area contributed by atoms with Crippen LogP contribution in [0.2, 0.25) is 10.0 Å².